The van der Waals surface area contributed by atoms with Crippen molar-refractivity contribution in [3.63, 3.8) is 0 Å². The Balaban J connectivity index is 1.91. The number of rotatable bonds is 4. The van der Waals surface area contributed by atoms with Gasteiger partial charge in [0, 0.05) is 11.4 Å². The average molecular weight is 283 g/mol. The molecule has 0 aliphatic rings. The molecule has 0 spiro atoms. The molecule has 106 valence electrons. The summed E-state index contributed by atoms with van der Waals surface area (Å²) in [6.07, 6.45) is 0. The summed E-state index contributed by atoms with van der Waals surface area (Å²) in [4.78, 5) is 11.8. The Bertz CT molecular complexity index is 690. The molecule has 2 N–H and O–H groups in total. The third-order valence-corrected chi connectivity index (χ3v) is 2.93. The number of benzene rings is 2. The number of carbonyl (C=O) groups excluding carboxylic acids is 1. The molecule has 0 heterocycles. The SMILES string of the molecule is Cc1cc(F)ccc1NCC(=O)Nc1ccc(C#N)cc1. The maximum absolute atomic E-state index is 13.0. The third kappa shape index (κ3) is 4.05. The highest BCUT2D eigenvalue weighted by Gasteiger charge is 2.04. The van der Waals surface area contributed by atoms with E-state index in [1.165, 1.54) is 12.1 Å². The summed E-state index contributed by atoms with van der Waals surface area (Å²) in [6, 6.07) is 12.9. The molecule has 0 aromatic heterocycles. The standard InChI is InChI=1S/C16H14FN3O/c1-11-8-13(17)4-7-15(11)19-10-16(21)20-14-5-2-12(9-18)3-6-14/h2-8,19H,10H2,1H3,(H,20,21). The number of nitrogens with zero attached hydrogens (tertiary/aromatic N) is 1. The van der Waals surface area contributed by atoms with Crippen LogP contribution in [0.15, 0.2) is 42.5 Å². The van der Waals surface area contributed by atoms with Gasteiger partial charge in [0.15, 0.2) is 0 Å². The first-order valence-corrected chi connectivity index (χ1v) is 6.38. The summed E-state index contributed by atoms with van der Waals surface area (Å²) in [5.74, 6) is -0.525. The zero-order chi connectivity index (χ0) is 15.2. The van der Waals surface area contributed by atoms with Crippen LogP contribution in [0.25, 0.3) is 0 Å². The van der Waals surface area contributed by atoms with Crippen LogP contribution in [0.3, 0.4) is 0 Å². The van der Waals surface area contributed by atoms with Gasteiger partial charge in [0.25, 0.3) is 0 Å². The smallest absolute Gasteiger partial charge is 0.243 e. The van der Waals surface area contributed by atoms with Crippen molar-refractivity contribution in [3.05, 3.63) is 59.4 Å². The molecule has 4 nitrogen and oxygen atoms in total. The number of hydrogen-bond donors (Lipinski definition) is 2. The van der Waals surface area contributed by atoms with Gasteiger partial charge in [-0.1, -0.05) is 0 Å². The molecule has 0 saturated carbocycles. The molecule has 0 aliphatic carbocycles. The van der Waals surface area contributed by atoms with Crippen LogP contribution in [0.4, 0.5) is 15.8 Å². The van der Waals surface area contributed by atoms with Crippen molar-refractivity contribution < 1.29 is 9.18 Å². The summed E-state index contributed by atoms with van der Waals surface area (Å²) in [6.45, 7) is 1.84. The Labute approximate surface area is 122 Å². The molecular weight excluding hydrogens is 269 g/mol. The fraction of sp³-hybridized carbons (Fsp3) is 0.125. The molecule has 0 fully saturated rings. The van der Waals surface area contributed by atoms with Crippen LogP contribution in [0, 0.1) is 24.1 Å². The van der Waals surface area contributed by atoms with Gasteiger partial charge in [-0.2, -0.15) is 5.26 Å². The Morgan fingerprint density at radius 3 is 2.57 bits per heavy atom. The van der Waals surface area contributed by atoms with Gasteiger partial charge in [-0.15, -0.1) is 0 Å². The number of aryl methyl sites for hydroxylation is 1. The van der Waals surface area contributed by atoms with Crippen LogP contribution in [-0.4, -0.2) is 12.5 Å². The van der Waals surface area contributed by atoms with Gasteiger partial charge in [-0.25, -0.2) is 4.39 Å². The van der Waals surface area contributed by atoms with E-state index in [9.17, 15) is 9.18 Å². The van der Waals surface area contributed by atoms with Crippen LogP contribution in [0.1, 0.15) is 11.1 Å². The number of halogens is 1. The lowest BCUT2D eigenvalue weighted by Gasteiger charge is -2.10. The summed E-state index contributed by atoms with van der Waals surface area (Å²) in [7, 11) is 0. The highest BCUT2D eigenvalue weighted by Crippen LogP contribution is 2.15. The molecule has 5 heteroatoms. The lowest BCUT2D eigenvalue weighted by atomic mass is 10.2. The number of nitriles is 1. The molecule has 2 aromatic rings. The van der Waals surface area contributed by atoms with Crippen molar-refractivity contribution in [1.82, 2.24) is 0 Å². The van der Waals surface area contributed by atoms with Crippen molar-refractivity contribution >= 4 is 17.3 Å². The minimum atomic E-state index is -0.305. The number of amides is 1. The lowest BCUT2D eigenvalue weighted by molar-refractivity contribution is -0.114. The van der Waals surface area contributed by atoms with Gasteiger partial charge in [-0.05, 0) is 55.0 Å². The van der Waals surface area contributed by atoms with Gasteiger partial charge >= 0.3 is 0 Å². The highest BCUT2D eigenvalue weighted by molar-refractivity contribution is 5.93. The van der Waals surface area contributed by atoms with Gasteiger partial charge in [0.1, 0.15) is 5.82 Å². The first-order valence-electron chi connectivity index (χ1n) is 6.38. The van der Waals surface area contributed by atoms with Crippen molar-refractivity contribution in [2.45, 2.75) is 6.92 Å². The monoisotopic (exact) mass is 283 g/mol. The zero-order valence-corrected chi connectivity index (χ0v) is 11.5. The Kier molecular flexibility index (Phi) is 4.52. The molecule has 0 atom stereocenters. The van der Waals surface area contributed by atoms with Crippen LogP contribution < -0.4 is 10.6 Å². The summed E-state index contributed by atoms with van der Waals surface area (Å²) in [5.41, 5.74) is 2.61. The molecule has 0 radical (unpaired) electrons. The molecule has 0 unspecified atom stereocenters. The number of carbonyl (C=O) groups is 1. The van der Waals surface area contributed by atoms with E-state index in [0.717, 1.165) is 5.56 Å². The second kappa shape index (κ2) is 6.53. The predicted molar refractivity (Wildman–Crippen MR) is 79.4 cm³/mol. The van der Waals surface area contributed by atoms with Crippen LogP contribution in [0.2, 0.25) is 0 Å². The Hall–Kier alpha value is -2.87. The summed E-state index contributed by atoms with van der Waals surface area (Å²) in [5, 5.41) is 14.4. The number of hydrogen-bond acceptors (Lipinski definition) is 3. The number of nitrogens with one attached hydrogen (secondary N) is 2. The third-order valence-electron chi connectivity index (χ3n) is 2.93. The molecule has 2 aromatic carbocycles. The second-order valence-corrected chi connectivity index (χ2v) is 4.55. The van der Waals surface area contributed by atoms with E-state index in [4.69, 9.17) is 5.26 Å². The molecule has 0 aliphatic heterocycles. The lowest BCUT2D eigenvalue weighted by Crippen LogP contribution is -2.22. The predicted octanol–water partition coefficient (Wildman–Crippen LogP) is 3.06. The quantitative estimate of drug-likeness (QED) is 0.906. The maximum atomic E-state index is 13.0. The van der Waals surface area contributed by atoms with E-state index in [0.29, 0.717) is 16.9 Å². The summed E-state index contributed by atoms with van der Waals surface area (Å²) < 4.78 is 13.0. The van der Waals surface area contributed by atoms with Crippen molar-refractivity contribution in [2.24, 2.45) is 0 Å². The topological polar surface area (TPSA) is 64.9 Å². The van der Waals surface area contributed by atoms with Crippen LogP contribution in [-0.2, 0) is 4.79 Å². The van der Waals surface area contributed by atoms with Crippen molar-refractivity contribution in [3.8, 4) is 6.07 Å². The first-order chi connectivity index (χ1) is 10.1. The minimum Gasteiger partial charge on any atom is -0.376 e. The Morgan fingerprint density at radius 1 is 1.24 bits per heavy atom. The van der Waals surface area contributed by atoms with E-state index >= 15 is 0 Å². The maximum Gasteiger partial charge on any atom is 0.243 e. The molecule has 1 amide bonds. The van der Waals surface area contributed by atoms with E-state index < -0.39 is 0 Å². The van der Waals surface area contributed by atoms with Gasteiger partial charge in [0.2, 0.25) is 5.91 Å². The van der Waals surface area contributed by atoms with E-state index in [-0.39, 0.29) is 18.3 Å². The fourth-order valence-corrected chi connectivity index (χ4v) is 1.83. The van der Waals surface area contributed by atoms with E-state index in [1.54, 1.807) is 37.3 Å². The van der Waals surface area contributed by atoms with Gasteiger partial charge in [0.05, 0.1) is 18.2 Å². The van der Waals surface area contributed by atoms with E-state index in [2.05, 4.69) is 10.6 Å². The van der Waals surface area contributed by atoms with Crippen molar-refractivity contribution in [1.29, 1.82) is 5.26 Å². The normalized spacial score (nSPS) is 9.76. The van der Waals surface area contributed by atoms with Gasteiger partial charge in [-0.3, -0.25) is 4.79 Å². The van der Waals surface area contributed by atoms with Gasteiger partial charge < -0.3 is 10.6 Å². The Morgan fingerprint density at radius 2 is 1.95 bits per heavy atom. The number of anilines is 2. The molecule has 0 bridgehead atoms. The molecule has 0 saturated heterocycles. The molecule has 2 rings (SSSR count). The highest BCUT2D eigenvalue weighted by atomic mass is 19.1. The second-order valence-electron chi connectivity index (χ2n) is 4.55. The molecular formula is C16H14FN3O. The van der Waals surface area contributed by atoms with E-state index in [1.807, 2.05) is 6.07 Å². The summed E-state index contributed by atoms with van der Waals surface area (Å²) >= 11 is 0. The average Bonchev–Trinajstić information content (AvgIpc) is 2.47. The zero-order valence-electron chi connectivity index (χ0n) is 11.5. The van der Waals surface area contributed by atoms with Crippen LogP contribution >= 0.6 is 0 Å². The first kappa shape index (κ1) is 14.5. The largest absolute Gasteiger partial charge is 0.376 e. The van der Waals surface area contributed by atoms with Crippen molar-refractivity contribution in [2.75, 3.05) is 17.2 Å². The fourth-order valence-electron chi connectivity index (χ4n) is 1.83. The van der Waals surface area contributed by atoms with Crippen LogP contribution in [0.5, 0.6) is 0 Å². The molecule has 21 heavy (non-hydrogen) atoms. The minimum absolute atomic E-state index is 0.0759.